The van der Waals surface area contributed by atoms with Gasteiger partial charge in [-0.1, -0.05) is 79.4 Å². The van der Waals surface area contributed by atoms with Crippen molar-refractivity contribution in [3.8, 4) is 0 Å². The van der Waals surface area contributed by atoms with Crippen molar-refractivity contribution in [1.82, 2.24) is 0 Å². The summed E-state index contributed by atoms with van der Waals surface area (Å²) in [5.41, 5.74) is 3.53. The number of benzene rings is 1. The standard InChI is InChI=1S/C17H16/c1-15(17-13-6-3-7-14-17)9-8-12-16-10-4-2-5-11-16/h2-10,12-14H,1,11H2/b9-8+,16-12+. The molecule has 0 bridgehead atoms. The minimum atomic E-state index is 1.01. The highest BCUT2D eigenvalue weighted by Crippen LogP contribution is 2.14. The van der Waals surface area contributed by atoms with Gasteiger partial charge >= 0.3 is 0 Å². The first-order valence-corrected chi connectivity index (χ1v) is 5.81. The molecule has 1 aromatic carbocycles. The van der Waals surface area contributed by atoms with E-state index in [1.54, 1.807) is 0 Å². The quantitative estimate of drug-likeness (QED) is 0.648. The van der Waals surface area contributed by atoms with E-state index in [1.807, 2.05) is 18.2 Å². The third kappa shape index (κ3) is 3.46. The second-order valence-electron chi connectivity index (χ2n) is 3.98. The summed E-state index contributed by atoms with van der Waals surface area (Å²) in [6, 6.07) is 10.2. The summed E-state index contributed by atoms with van der Waals surface area (Å²) in [6.07, 6.45) is 15.7. The molecule has 17 heavy (non-hydrogen) atoms. The van der Waals surface area contributed by atoms with Gasteiger partial charge in [-0.05, 0) is 23.1 Å². The molecule has 0 radical (unpaired) electrons. The van der Waals surface area contributed by atoms with Crippen LogP contribution in [0.15, 0.2) is 85.0 Å². The van der Waals surface area contributed by atoms with E-state index in [2.05, 4.69) is 61.2 Å². The molecular formula is C17H16. The van der Waals surface area contributed by atoms with E-state index in [9.17, 15) is 0 Å². The Morgan fingerprint density at radius 2 is 1.94 bits per heavy atom. The average Bonchev–Trinajstić information content (AvgIpc) is 2.41. The largest absolute Gasteiger partial charge is 0.0912 e. The summed E-state index contributed by atoms with van der Waals surface area (Å²) in [7, 11) is 0. The summed E-state index contributed by atoms with van der Waals surface area (Å²) in [4.78, 5) is 0. The molecule has 84 valence electrons. The fourth-order valence-electron chi connectivity index (χ4n) is 1.69. The number of hydrogen-bond acceptors (Lipinski definition) is 0. The summed E-state index contributed by atoms with van der Waals surface area (Å²) >= 11 is 0. The van der Waals surface area contributed by atoms with Crippen LogP contribution in [0.3, 0.4) is 0 Å². The lowest BCUT2D eigenvalue weighted by molar-refractivity contribution is 1.26. The van der Waals surface area contributed by atoms with Gasteiger partial charge in [0.25, 0.3) is 0 Å². The van der Waals surface area contributed by atoms with Crippen LogP contribution in [0, 0.1) is 0 Å². The Hall–Kier alpha value is -2.08. The van der Waals surface area contributed by atoms with Crippen LogP contribution in [0.25, 0.3) is 5.57 Å². The molecule has 0 aliphatic heterocycles. The van der Waals surface area contributed by atoms with Gasteiger partial charge in [-0.2, -0.15) is 0 Å². The van der Waals surface area contributed by atoms with Crippen molar-refractivity contribution in [1.29, 1.82) is 0 Å². The molecule has 0 nitrogen and oxygen atoms in total. The number of hydrogen-bond donors (Lipinski definition) is 0. The second kappa shape index (κ2) is 5.86. The van der Waals surface area contributed by atoms with E-state index < -0.39 is 0 Å². The highest BCUT2D eigenvalue weighted by atomic mass is 14.0. The van der Waals surface area contributed by atoms with Crippen LogP contribution < -0.4 is 0 Å². The van der Waals surface area contributed by atoms with Gasteiger partial charge in [-0.25, -0.2) is 0 Å². The highest BCUT2D eigenvalue weighted by molar-refractivity contribution is 5.72. The molecular weight excluding hydrogens is 204 g/mol. The van der Waals surface area contributed by atoms with E-state index in [0.29, 0.717) is 0 Å². The molecule has 0 heteroatoms. The van der Waals surface area contributed by atoms with Gasteiger partial charge in [0, 0.05) is 0 Å². The highest BCUT2D eigenvalue weighted by Gasteiger charge is 1.93. The summed E-state index contributed by atoms with van der Waals surface area (Å²) in [5.74, 6) is 0. The van der Waals surface area contributed by atoms with Gasteiger partial charge in [0.15, 0.2) is 0 Å². The molecule has 0 saturated carbocycles. The maximum atomic E-state index is 4.06. The normalized spacial score (nSPS) is 16.8. The Morgan fingerprint density at radius 3 is 2.65 bits per heavy atom. The van der Waals surface area contributed by atoms with Crippen molar-refractivity contribution in [3.05, 3.63) is 90.6 Å². The van der Waals surface area contributed by atoms with Crippen molar-refractivity contribution in [2.24, 2.45) is 0 Å². The molecule has 0 saturated heterocycles. The summed E-state index contributed by atoms with van der Waals surface area (Å²) in [6.45, 7) is 4.06. The zero-order chi connectivity index (χ0) is 11.9. The molecule has 0 atom stereocenters. The molecule has 1 aliphatic carbocycles. The van der Waals surface area contributed by atoms with Crippen LogP contribution in [0.4, 0.5) is 0 Å². The Balaban J connectivity index is 2.00. The van der Waals surface area contributed by atoms with Gasteiger partial charge in [0.1, 0.15) is 0 Å². The van der Waals surface area contributed by atoms with Crippen LogP contribution >= 0.6 is 0 Å². The van der Waals surface area contributed by atoms with Gasteiger partial charge in [-0.3, -0.25) is 0 Å². The lowest BCUT2D eigenvalue weighted by atomic mass is 10.1. The van der Waals surface area contributed by atoms with E-state index >= 15 is 0 Å². The number of allylic oxidation sites excluding steroid dienone is 9. The Morgan fingerprint density at radius 1 is 1.12 bits per heavy atom. The Labute approximate surface area is 103 Å². The van der Waals surface area contributed by atoms with Crippen LogP contribution in [0.2, 0.25) is 0 Å². The van der Waals surface area contributed by atoms with E-state index in [1.165, 1.54) is 11.1 Å². The Kier molecular flexibility index (Phi) is 3.93. The first kappa shape index (κ1) is 11.4. The SMILES string of the molecule is C=C(/C=C/C=C1\C=CC=CC1)c1ccccc1. The van der Waals surface area contributed by atoms with Crippen LogP contribution in [-0.4, -0.2) is 0 Å². The fraction of sp³-hybridized carbons (Fsp3) is 0.0588. The van der Waals surface area contributed by atoms with Gasteiger partial charge in [-0.15, -0.1) is 0 Å². The first-order valence-electron chi connectivity index (χ1n) is 5.81. The van der Waals surface area contributed by atoms with Crippen LogP contribution in [0.1, 0.15) is 12.0 Å². The maximum Gasteiger partial charge on any atom is -0.00943 e. The molecule has 2 rings (SSSR count). The molecule has 0 aromatic heterocycles. The summed E-state index contributed by atoms with van der Waals surface area (Å²) < 4.78 is 0. The first-order chi connectivity index (χ1) is 8.36. The third-order valence-corrected chi connectivity index (χ3v) is 2.66. The molecule has 0 heterocycles. The van der Waals surface area contributed by atoms with Crippen molar-refractivity contribution in [3.63, 3.8) is 0 Å². The second-order valence-corrected chi connectivity index (χ2v) is 3.98. The predicted octanol–water partition coefficient (Wildman–Crippen LogP) is 4.70. The van der Waals surface area contributed by atoms with Crippen molar-refractivity contribution in [2.75, 3.05) is 0 Å². The smallest absolute Gasteiger partial charge is 0.00943 e. The van der Waals surface area contributed by atoms with Crippen molar-refractivity contribution in [2.45, 2.75) is 6.42 Å². The van der Waals surface area contributed by atoms with Gasteiger partial charge < -0.3 is 0 Å². The van der Waals surface area contributed by atoms with Crippen LogP contribution in [-0.2, 0) is 0 Å². The summed E-state index contributed by atoms with van der Waals surface area (Å²) in [5, 5.41) is 0. The number of rotatable bonds is 3. The Bertz CT molecular complexity index is 496. The fourth-order valence-corrected chi connectivity index (χ4v) is 1.69. The third-order valence-electron chi connectivity index (χ3n) is 2.66. The topological polar surface area (TPSA) is 0 Å². The van der Waals surface area contributed by atoms with Gasteiger partial charge in [0.05, 0.1) is 0 Å². The minimum absolute atomic E-state index is 1.01. The minimum Gasteiger partial charge on any atom is -0.0912 e. The molecule has 1 aromatic rings. The van der Waals surface area contributed by atoms with E-state index in [-0.39, 0.29) is 0 Å². The predicted molar refractivity (Wildman–Crippen MR) is 75.6 cm³/mol. The molecule has 0 N–H and O–H groups in total. The van der Waals surface area contributed by atoms with Crippen LogP contribution in [0.5, 0.6) is 0 Å². The lowest BCUT2D eigenvalue weighted by Crippen LogP contribution is -1.79. The monoisotopic (exact) mass is 220 g/mol. The van der Waals surface area contributed by atoms with E-state index in [0.717, 1.165) is 12.0 Å². The lowest BCUT2D eigenvalue weighted by Gasteiger charge is -2.00. The molecule has 0 spiro atoms. The van der Waals surface area contributed by atoms with Gasteiger partial charge in [0.2, 0.25) is 0 Å². The molecule has 1 aliphatic rings. The molecule has 0 amide bonds. The molecule has 0 unspecified atom stereocenters. The van der Waals surface area contributed by atoms with Crippen molar-refractivity contribution >= 4 is 5.57 Å². The zero-order valence-electron chi connectivity index (χ0n) is 9.84. The average molecular weight is 220 g/mol. The molecule has 0 fully saturated rings. The maximum absolute atomic E-state index is 4.06. The van der Waals surface area contributed by atoms with Crippen molar-refractivity contribution < 1.29 is 0 Å². The van der Waals surface area contributed by atoms with E-state index in [4.69, 9.17) is 0 Å². The zero-order valence-corrected chi connectivity index (χ0v) is 9.84.